The Morgan fingerprint density at radius 3 is 2.23 bits per heavy atom. The van der Waals surface area contributed by atoms with E-state index in [1.807, 2.05) is 6.92 Å². The van der Waals surface area contributed by atoms with Crippen molar-refractivity contribution in [1.29, 1.82) is 0 Å². The van der Waals surface area contributed by atoms with Crippen LogP contribution in [0, 0.1) is 10.1 Å². The van der Waals surface area contributed by atoms with E-state index in [-0.39, 0.29) is 17.4 Å². The quantitative estimate of drug-likeness (QED) is 0.428. The van der Waals surface area contributed by atoms with E-state index in [9.17, 15) is 24.4 Å². The molecule has 1 unspecified atom stereocenters. The molecule has 138 valence electrons. The van der Waals surface area contributed by atoms with Crippen LogP contribution in [-0.4, -0.2) is 15.8 Å². The highest BCUT2D eigenvalue weighted by Gasteiger charge is 2.26. The van der Waals surface area contributed by atoms with Crippen molar-refractivity contribution in [3.63, 3.8) is 0 Å². The largest absolute Gasteiger partial charge is 0.410 e. The standard InChI is InChI=1S/C18H20NO6P/c1-2-14-8-12-17(13-9-14)26(23,24)25-18(20)5-3-4-15-6-10-16(11-7-15)19(21)22/h6-13H,2-5H2,1H3,(H,23,24). The summed E-state index contributed by atoms with van der Waals surface area (Å²) >= 11 is 0. The van der Waals surface area contributed by atoms with E-state index in [4.69, 9.17) is 4.52 Å². The first-order chi connectivity index (χ1) is 12.3. The fraction of sp³-hybridized carbons (Fsp3) is 0.278. The topological polar surface area (TPSA) is 107 Å². The number of hydrogen-bond donors (Lipinski definition) is 1. The van der Waals surface area contributed by atoms with E-state index in [2.05, 4.69) is 0 Å². The Balaban J connectivity index is 1.85. The van der Waals surface area contributed by atoms with Crippen LogP contribution in [0.3, 0.4) is 0 Å². The molecule has 0 heterocycles. The van der Waals surface area contributed by atoms with E-state index in [1.165, 1.54) is 24.3 Å². The minimum absolute atomic E-state index is 0.00321. The molecule has 0 saturated carbocycles. The van der Waals surface area contributed by atoms with Gasteiger partial charge in [-0.05, 0) is 42.5 Å². The maximum atomic E-state index is 12.2. The van der Waals surface area contributed by atoms with Crippen LogP contribution in [0.4, 0.5) is 5.69 Å². The number of nitrogens with zero attached hydrogens (tertiary/aromatic N) is 1. The smallest absolute Gasteiger partial charge is 0.388 e. The molecule has 0 fully saturated rings. The number of carbonyl (C=O) groups is 1. The van der Waals surface area contributed by atoms with E-state index in [0.29, 0.717) is 12.8 Å². The molecule has 0 saturated heterocycles. The number of aryl methyl sites for hydroxylation is 2. The molecule has 0 aliphatic rings. The summed E-state index contributed by atoms with van der Waals surface area (Å²) in [4.78, 5) is 31.9. The van der Waals surface area contributed by atoms with E-state index in [0.717, 1.165) is 17.5 Å². The maximum Gasteiger partial charge on any atom is 0.410 e. The first-order valence-corrected chi connectivity index (χ1v) is 9.77. The number of rotatable bonds is 8. The first-order valence-electron chi connectivity index (χ1n) is 8.20. The Labute approximate surface area is 151 Å². The zero-order valence-corrected chi connectivity index (χ0v) is 15.2. The van der Waals surface area contributed by atoms with Crippen molar-refractivity contribution in [3.8, 4) is 0 Å². The Morgan fingerprint density at radius 2 is 1.69 bits per heavy atom. The monoisotopic (exact) mass is 377 g/mol. The van der Waals surface area contributed by atoms with Gasteiger partial charge in [0.05, 0.1) is 10.2 Å². The predicted octanol–water partition coefficient (Wildman–Crippen LogP) is 3.53. The van der Waals surface area contributed by atoms with Gasteiger partial charge < -0.3 is 9.42 Å². The molecule has 0 amide bonds. The third-order valence-corrected chi connectivity index (χ3v) is 5.29. The number of nitro groups is 1. The third-order valence-electron chi connectivity index (χ3n) is 3.89. The van der Waals surface area contributed by atoms with Crippen LogP contribution in [-0.2, 0) is 26.7 Å². The van der Waals surface area contributed by atoms with E-state index in [1.54, 1.807) is 24.3 Å². The van der Waals surface area contributed by atoms with Gasteiger partial charge in [-0.15, -0.1) is 0 Å². The second-order valence-corrected chi connectivity index (χ2v) is 7.52. The predicted molar refractivity (Wildman–Crippen MR) is 97.4 cm³/mol. The molecule has 26 heavy (non-hydrogen) atoms. The zero-order valence-electron chi connectivity index (χ0n) is 14.3. The van der Waals surface area contributed by atoms with Gasteiger partial charge in [-0.1, -0.05) is 31.2 Å². The molecule has 2 aromatic rings. The zero-order chi connectivity index (χ0) is 19.2. The Hall–Kier alpha value is -2.50. The molecular formula is C18H20NO6P. The molecule has 0 radical (unpaired) electrons. The Kier molecular flexibility index (Phi) is 6.66. The van der Waals surface area contributed by atoms with Crippen molar-refractivity contribution in [2.45, 2.75) is 32.6 Å². The van der Waals surface area contributed by atoms with Gasteiger partial charge in [0.25, 0.3) is 5.69 Å². The molecular weight excluding hydrogens is 357 g/mol. The minimum atomic E-state index is -4.19. The molecule has 0 aliphatic heterocycles. The fourth-order valence-corrected chi connectivity index (χ4v) is 3.38. The van der Waals surface area contributed by atoms with Crippen molar-refractivity contribution < 1.29 is 23.7 Å². The number of benzene rings is 2. The second kappa shape index (κ2) is 8.74. The lowest BCUT2D eigenvalue weighted by Crippen LogP contribution is -2.12. The molecule has 1 atom stereocenters. The van der Waals surface area contributed by atoms with Gasteiger partial charge in [-0.2, -0.15) is 0 Å². The van der Waals surface area contributed by atoms with Crippen LogP contribution in [0.25, 0.3) is 0 Å². The second-order valence-electron chi connectivity index (χ2n) is 5.78. The molecule has 2 aromatic carbocycles. The highest BCUT2D eigenvalue weighted by atomic mass is 31.2. The highest BCUT2D eigenvalue weighted by Crippen LogP contribution is 2.41. The van der Waals surface area contributed by atoms with Gasteiger partial charge in [-0.3, -0.25) is 14.9 Å². The average Bonchev–Trinajstić information content (AvgIpc) is 2.61. The summed E-state index contributed by atoms with van der Waals surface area (Å²) in [7, 11) is -4.19. The lowest BCUT2D eigenvalue weighted by molar-refractivity contribution is -0.384. The van der Waals surface area contributed by atoms with Crippen LogP contribution in [0.5, 0.6) is 0 Å². The van der Waals surface area contributed by atoms with Crippen LogP contribution in [0.1, 0.15) is 30.9 Å². The summed E-state index contributed by atoms with van der Waals surface area (Å²) in [6.45, 7) is 1.97. The van der Waals surface area contributed by atoms with Crippen LogP contribution < -0.4 is 5.30 Å². The number of nitro benzene ring substituents is 1. The molecule has 0 aliphatic carbocycles. The van der Waals surface area contributed by atoms with Crippen molar-refractivity contribution in [2.75, 3.05) is 0 Å². The van der Waals surface area contributed by atoms with Crippen molar-refractivity contribution >= 4 is 24.6 Å². The fourth-order valence-electron chi connectivity index (χ4n) is 2.38. The molecule has 1 N–H and O–H groups in total. The molecule has 8 heteroatoms. The lowest BCUT2D eigenvalue weighted by Gasteiger charge is -2.12. The third kappa shape index (κ3) is 5.51. The number of non-ortho nitro benzene ring substituents is 1. The summed E-state index contributed by atoms with van der Waals surface area (Å²) < 4.78 is 17.0. The normalized spacial score (nSPS) is 13.0. The number of hydrogen-bond acceptors (Lipinski definition) is 5. The van der Waals surface area contributed by atoms with Crippen molar-refractivity contribution in [1.82, 2.24) is 0 Å². The summed E-state index contributed by atoms with van der Waals surface area (Å²) in [5, 5.41) is 10.7. The maximum absolute atomic E-state index is 12.2. The molecule has 0 bridgehead atoms. The van der Waals surface area contributed by atoms with Gasteiger partial charge in [0.15, 0.2) is 0 Å². The van der Waals surface area contributed by atoms with Gasteiger partial charge in [0.2, 0.25) is 0 Å². The minimum Gasteiger partial charge on any atom is -0.388 e. The number of carbonyl (C=O) groups excluding carboxylic acids is 1. The Bertz CT molecular complexity index is 817. The van der Waals surface area contributed by atoms with Crippen molar-refractivity contribution in [2.24, 2.45) is 0 Å². The molecule has 7 nitrogen and oxygen atoms in total. The van der Waals surface area contributed by atoms with Crippen LogP contribution >= 0.6 is 7.60 Å². The molecule has 2 rings (SSSR count). The molecule has 0 aromatic heterocycles. The van der Waals surface area contributed by atoms with Gasteiger partial charge in [-0.25, -0.2) is 4.57 Å². The Morgan fingerprint density at radius 1 is 1.12 bits per heavy atom. The SMILES string of the molecule is CCc1ccc(P(=O)(O)OC(=O)CCCc2ccc([N+](=O)[O-])cc2)cc1. The molecule has 0 spiro atoms. The summed E-state index contributed by atoms with van der Waals surface area (Å²) in [5.41, 5.74) is 1.86. The van der Waals surface area contributed by atoms with Gasteiger partial charge in [0, 0.05) is 18.6 Å². The van der Waals surface area contributed by atoms with Crippen molar-refractivity contribution in [3.05, 3.63) is 69.8 Å². The van der Waals surface area contributed by atoms with Crippen LogP contribution in [0.15, 0.2) is 48.5 Å². The summed E-state index contributed by atoms with van der Waals surface area (Å²) in [6, 6.07) is 12.5. The summed E-state index contributed by atoms with van der Waals surface area (Å²) in [6.07, 6.45) is 1.70. The average molecular weight is 377 g/mol. The van der Waals surface area contributed by atoms with Gasteiger partial charge in [0.1, 0.15) is 0 Å². The highest BCUT2D eigenvalue weighted by molar-refractivity contribution is 7.61. The van der Waals surface area contributed by atoms with E-state index >= 15 is 0 Å². The first kappa shape index (κ1) is 19.8. The van der Waals surface area contributed by atoms with E-state index < -0.39 is 18.5 Å². The van der Waals surface area contributed by atoms with Crippen LogP contribution in [0.2, 0.25) is 0 Å². The summed E-state index contributed by atoms with van der Waals surface area (Å²) in [5.74, 6) is -0.752. The van der Waals surface area contributed by atoms with Gasteiger partial charge >= 0.3 is 13.6 Å². The lowest BCUT2D eigenvalue weighted by atomic mass is 10.1.